The van der Waals surface area contributed by atoms with E-state index in [4.69, 9.17) is 16.3 Å². The van der Waals surface area contributed by atoms with Crippen LogP contribution in [0.3, 0.4) is 0 Å². The topological polar surface area (TPSA) is 59.9 Å². The number of nitrogens with one attached hydrogen (secondary N) is 1. The fourth-order valence-corrected chi connectivity index (χ4v) is 2.40. The standard InChI is InChI=1S/C13H15ClN4OS/c1-3-8-19-12-16-11(15-2)17-13(18-12)20-10-7-5-4-6-9(10)14/h4-7H,3,8H2,1-2H3,(H,15,16,17,18). The van der Waals surface area contributed by atoms with E-state index < -0.39 is 0 Å². The molecule has 0 atom stereocenters. The van der Waals surface area contributed by atoms with Crippen LogP contribution >= 0.6 is 23.4 Å². The highest BCUT2D eigenvalue weighted by molar-refractivity contribution is 7.99. The van der Waals surface area contributed by atoms with Crippen LogP contribution in [-0.4, -0.2) is 28.6 Å². The molecule has 0 aliphatic heterocycles. The van der Waals surface area contributed by atoms with Crippen molar-refractivity contribution in [1.29, 1.82) is 0 Å². The molecule has 2 aromatic rings. The average Bonchev–Trinajstić information content (AvgIpc) is 2.47. The third-order valence-electron chi connectivity index (χ3n) is 2.29. The average molecular weight is 311 g/mol. The third kappa shape index (κ3) is 3.98. The highest BCUT2D eigenvalue weighted by atomic mass is 35.5. The second kappa shape index (κ2) is 7.31. The lowest BCUT2D eigenvalue weighted by Crippen LogP contribution is -2.05. The van der Waals surface area contributed by atoms with Crippen LogP contribution in [0, 0.1) is 0 Å². The normalized spacial score (nSPS) is 10.3. The molecule has 1 N–H and O–H groups in total. The molecule has 1 aromatic carbocycles. The highest BCUT2D eigenvalue weighted by Crippen LogP contribution is 2.31. The number of halogens is 1. The van der Waals surface area contributed by atoms with E-state index in [1.54, 1.807) is 7.05 Å². The molecular weight excluding hydrogens is 296 g/mol. The highest BCUT2D eigenvalue weighted by Gasteiger charge is 2.10. The Kier molecular flexibility index (Phi) is 5.43. The molecule has 20 heavy (non-hydrogen) atoms. The summed E-state index contributed by atoms with van der Waals surface area (Å²) in [6.45, 7) is 2.60. The van der Waals surface area contributed by atoms with Crippen molar-refractivity contribution in [2.24, 2.45) is 0 Å². The summed E-state index contributed by atoms with van der Waals surface area (Å²) in [4.78, 5) is 13.6. The summed E-state index contributed by atoms with van der Waals surface area (Å²) in [6.07, 6.45) is 0.896. The van der Waals surface area contributed by atoms with Gasteiger partial charge in [-0.15, -0.1) is 0 Å². The minimum absolute atomic E-state index is 0.320. The molecule has 1 heterocycles. The van der Waals surface area contributed by atoms with Crippen molar-refractivity contribution >= 4 is 29.3 Å². The molecule has 0 saturated heterocycles. The van der Waals surface area contributed by atoms with Gasteiger partial charge in [-0.1, -0.05) is 30.7 Å². The zero-order valence-electron chi connectivity index (χ0n) is 11.3. The summed E-state index contributed by atoms with van der Waals surface area (Å²) in [5, 5.41) is 4.11. The minimum Gasteiger partial charge on any atom is -0.463 e. The lowest BCUT2D eigenvalue weighted by Gasteiger charge is -2.07. The van der Waals surface area contributed by atoms with Crippen LogP contribution in [0.1, 0.15) is 13.3 Å². The maximum Gasteiger partial charge on any atom is 0.322 e. The van der Waals surface area contributed by atoms with Crippen molar-refractivity contribution in [2.45, 2.75) is 23.4 Å². The summed E-state index contributed by atoms with van der Waals surface area (Å²) in [5.41, 5.74) is 0. The van der Waals surface area contributed by atoms with Gasteiger partial charge in [0, 0.05) is 11.9 Å². The van der Waals surface area contributed by atoms with Crippen LogP contribution in [0.5, 0.6) is 6.01 Å². The summed E-state index contributed by atoms with van der Waals surface area (Å²) < 4.78 is 5.46. The Labute approximate surface area is 127 Å². The first kappa shape index (κ1) is 14.9. The van der Waals surface area contributed by atoms with Gasteiger partial charge in [-0.2, -0.15) is 15.0 Å². The van der Waals surface area contributed by atoms with Gasteiger partial charge in [0.2, 0.25) is 11.1 Å². The van der Waals surface area contributed by atoms with Gasteiger partial charge in [-0.3, -0.25) is 0 Å². The van der Waals surface area contributed by atoms with Gasteiger partial charge in [-0.25, -0.2) is 0 Å². The van der Waals surface area contributed by atoms with Gasteiger partial charge in [0.05, 0.1) is 11.6 Å². The van der Waals surface area contributed by atoms with Crippen LogP contribution in [0.2, 0.25) is 5.02 Å². The van der Waals surface area contributed by atoms with E-state index in [2.05, 4.69) is 20.3 Å². The largest absolute Gasteiger partial charge is 0.463 e. The fraction of sp³-hybridized carbons (Fsp3) is 0.308. The Balaban J connectivity index is 2.24. The maximum atomic E-state index is 6.13. The van der Waals surface area contributed by atoms with Gasteiger partial charge in [-0.05, 0) is 30.3 Å². The predicted molar refractivity (Wildman–Crippen MR) is 80.7 cm³/mol. The molecule has 0 amide bonds. The van der Waals surface area contributed by atoms with Crippen molar-refractivity contribution in [3.05, 3.63) is 29.3 Å². The number of benzene rings is 1. The molecule has 0 radical (unpaired) electrons. The van der Waals surface area contributed by atoms with Gasteiger partial charge >= 0.3 is 6.01 Å². The Morgan fingerprint density at radius 3 is 2.75 bits per heavy atom. The monoisotopic (exact) mass is 310 g/mol. The van der Waals surface area contributed by atoms with Gasteiger partial charge in [0.15, 0.2) is 0 Å². The zero-order chi connectivity index (χ0) is 14.4. The van der Waals surface area contributed by atoms with Crippen molar-refractivity contribution in [1.82, 2.24) is 15.0 Å². The minimum atomic E-state index is 0.320. The first-order valence-electron chi connectivity index (χ1n) is 6.22. The van der Waals surface area contributed by atoms with Crippen molar-refractivity contribution in [3.8, 4) is 6.01 Å². The lowest BCUT2D eigenvalue weighted by atomic mass is 10.4. The van der Waals surface area contributed by atoms with E-state index in [0.29, 0.717) is 28.7 Å². The Morgan fingerprint density at radius 2 is 2.05 bits per heavy atom. The quantitative estimate of drug-likeness (QED) is 0.881. The Morgan fingerprint density at radius 1 is 1.25 bits per heavy atom. The molecule has 0 aliphatic rings. The van der Waals surface area contributed by atoms with E-state index in [-0.39, 0.29) is 0 Å². The van der Waals surface area contributed by atoms with Crippen molar-refractivity contribution in [2.75, 3.05) is 19.0 Å². The molecule has 0 bridgehead atoms. The summed E-state index contributed by atoms with van der Waals surface area (Å²) in [5.74, 6) is 0.473. The second-order valence-electron chi connectivity index (χ2n) is 3.86. The second-order valence-corrected chi connectivity index (χ2v) is 5.27. The SMILES string of the molecule is CCCOc1nc(NC)nc(Sc2ccccc2Cl)n1. The van der Waals surface area contributed by atoms with E-state index in [1.165, 1.54) is 11.8 Å². The molecule has 7 heteroatoms. The molecule has 1 aromatic heterocycles. The fourth-order valence-electron chi connectivity index (χ4n) is 1.38. The number of hydrogen-bond acceptors (Lipinski definition) is 6. The molecule has 2 rings (SSSR count). The van der Waals surface area contributed by atoms with Crippen LogP contribution in [0.4, 0.5) is 5.95 Å². The molecular formula is C13H15ClN4OS. The first-order valence-corrected chi connectivity index (χ1v) is 7.41. The molecule has 106 valence electrons. The van der Waals surface area contributed by atoms with Gasteiger partial charge in [0.1, 0.15) is 0 Å². The van der Waals surface area contributed by atoms with Crippen LogP contribution < -0.4 is 10.1 Å². The summed E-state index contributed by atoms with van der Waals surface area (Å²) in [6, 6.07) is 7.87. The number of anilines is 1. The number of ether oxygens (including phenoxy) is 1. The van der Waals surface area contributed by atoms with Crippen LogP contribution in [0.25, 0.3) is 0 Å². The molecule has 0 fully saturated rings. The molecule has 5 nitrogen and oxygen atoms in total. The van der Waals surface area contributed by atoms with E-state index in [9.17, 15) is 0 Å². The first-order chi connectivity index (χ1) is 9.72. The Hall–Kier alpha value is -1.53. The van der Waals surface area contributed by atoms with Crippen molar-refractivity contribution in [3.63, 3.8) is 0 Å². The van der Waals surface area contributed by atoms with E-state index in [0.717, 1.165) is 11.3 Å². The molecule has 0 unspecified atom stereocenters. The lowest BCUT2D eigenvalue weighted by molar-refractivity contribution is 0.288. The predicted octanol–water partition coefficient (Wildman–Crippen LogP) is 3.51. The van der Waals surface area contributed by atoms with Crippen LogP contribution in [-0.2, 0) is 0 Å². The number of rotatable bonds is 6. The number of aromatic nitrogens is 3. The van der Waals surface area contributed by atoms with E-state index >= 15 is 0 Å². The van der Waals surface area contributed by atoms with Crippen molar-refractivity contribution < 1.29 is 4.74 Å². The molecule has 0 aliphatic carbocycles. The molecule has 0 saturated carbocycles. The van der Waals surface area contributed by atoms with E-state index in [1.807, 2.05) is 31.2 Å². The number of hydrogen-bond donors (Lipinski definition) is 1. The van der Waals surface area contributed by atoms with Gasteiger partial charge < -0.3 is 10.1 Å². The van der Waals surface area contributed by atoms with Crippen LogP contribution in [0.15, 0.2) is 34.3 Å². The summed E-state index contributed by atoms with van der Waals surface area (Å²) >= 11 is 7.51. The third-order valence-corrected chi connectivity index (χ3v) is 3.67. The number of nitrogens with zero attached hydrogens (tertiary/aromatic N) is 3. The Bertz CT molecular complexity index is 582. The smallest absolute Gasteiger partial charge is 0.322 e. The summed E-state index contributed by atoms with van der Waals surface area (Å²) in [7, 11) is 1.75. The maximum absolute atomic E-state index is 6.13. The molecule has 0 spiro atoms. The van der Waals surface area contributed by atoms with Gasteiger partial charge in [0.25, 0.3) is 0 Å². The zero-order valence-corrected chi connectivity index (χ0v) is 12.8.